The summed E-state index contributed by atoms with van der Waals surface area (Å²) in [6, 6.07) is 0. The Morgan fingerprint density at radius 3 is 1.92 bits per heavy atom. The topological polar surface area (TPSA) is 0 Å². The summed E-state index contributed by atoms with van der Waals surface area (Å²) >= 11 is 0. The maximum Gasteiger partial charge on any atom is 0.0686 e. The molecule has 0 unspecified atom stereocenters. The van der Waals surface area contributed by atoms with E-state index in [4.69, 9.17) is 0 Å². The molecule has 13 heavy (non-hydrogen) atoms. The van der Waals surface area contributed by atoms with E-state index < -0.39 is 8.07 Å². The predicted octanol–water partition coefficient (Wildman–Crippen LogP) is 4.41. The molecule has 76 valence electrons. The molecule has 0 radical (unpaired) electrons. The van der Waals surface area contributed by atoms with E-state index in [0.717, 1.165) is 6.42 Å². The van der Waals surface area contributed by atoms with Gasteiger partial charge in [0.1, 0.15) is 0 Å². The van der Waals surface area contributed by atoms with Crippen LogP contribution < -0.4 is 0 Å². The van der Waals surface area contributed by atoms with Crippen molar-refractivity contribution >= 4 is 8.07 Å². The molecule has 0 atom stereocenters. The summed E-state index contributed by atoms with van der Waals surface area (Å²) in [5, 5.41) is 0. The molecule has 0 aromatic carbocycles. The summed E-state index contributed by atoms with van der Waals surface area (Å²) in [6.45, 7) is 17.8. The van der Waals surface area contributed by atoms with Gasteiger partial charge < -0.3 is 0 Å². The Hall–Kier alpha value is -0.303. The molecule has 0 aromatic heterocycles. The fourth-order valence-corrected chi connectivity index (χ4v) is 2.86. The fraction of sp³-hybridized carbons (Fsp3) is 0.667. The van der Waals surface area contributed by atoms with Gasteiger partial charge in [0.15, 0.2) is 0 Å². The van der Waals surface area contributed by atoms with Crippen LogP contribution in [0.4, 0.5) is 0 Å². The summed E-state index contributed by atoms with van der Waals surface area (Å²) in [6.07, 6.45) is 3.05. The molecule has 0 rings (SSSR count). The van der Waals surface area contributed by atoms with Crippen LogP contribution in [-0.2, 0) is 0 Å². The van der Waals surface area contributed by atoms with Crippen LogP contribution in [-0.4, -0.2) is 8.07 Å². The first-order valence-electron chi connectivity index (χ1n) is 5.00. The van der Waals surface area contributed by atoms with Gasteiger partial charge in [-0.1, -0.05) is 57.8 Å². The Labute approximate surface area is 84.8 Å². The average Bonchev–Trinajstić information content (AvgIpc) is 1.81. The lowest BCUT2D eigenvalue weighted by Crippen LogP contribution is -2.21. The standard InChI is InChI=1S/C12H24Si/c1-8-9-11(12(2,3)4)10-13(5,6)7/h8,10H,1,9H2,2-7H3/b11-10-. The van der Waals surface area contributed by atoms with Crippen LogP contribution >= 0.6 is 0 Å². The summed E-state index contributed by atoms with van der Waals surface area (Å²) in [5.74, 6) is 0. The van der Waals surface area contributed by atoms with Crippen LogP contribution in [0.15, 0.2) is 23.9 Å². The van der Waals surface area contributed by atoms with E-state index in [1.165, 1.54) is 0 Å². The highest BCUT2D eigenvalue weighted by Crippen LogP contribution is 2.29. The van der Waals surface area contributed by atoms with Gasteiger partial charge in [-0.05, 0) is 11.8 Å². The predicted molar refractivity (Wildman–Crippen MR) is 65.7 cm³/mol. The van der Waals surface area contributed by atoms with Gasteiger partial charge in [0.25, 0.3) is 0 Å². The normalized spacial score (nSPS) is 14.5. The van der Waals surface area contributed by atoms with E-state index in [0.29, 0.717) is 5.41 Å². The second-order valence-electron chi connectivity index (χ2n) is 5.78. The third-order valence-electron chi connectivity index (χ3n) is 1.93. The highest BCUT2D eigenvalue weighted by Gasteiger charge is 2.19. The quantitative estimate of drug-likeness (QED) is 0.463. The Balaban J connectivity index is 4.81. The first kappa shape index (κ1) is 12.7. The van der Waals surface area contributed by atoms with Crippen molar-refractivity contribution in [1.82, 2.24) is 0 Å². The highest BCUT2D eigenvalue weighted by molar-refractivity contribution is 6.81. The molecule has 0 amide bonds. The van der Waals surface area contributed by atoms with Crippen LogP contribution in [0.1, 0.15) is 27.2 Å². The monoisotopic (exact) mass is 196 g/mol. The van der Waals surface area contributed by atoms with Crippen molar-refractivity contribution in [3.63, 3.8) is 0 Å². The minimum atomic E-state index is -1.08. The number of allylic oxidation sites excluding steroid dienone is 2. The van der Waals surface area contributed by atoms with Gasteiger partial charge in [-0.25, -0.2) is 0 Å². The summed E-state index contributed by atoms with van der Waals surface area (Å²) in [5.41, 5.74) is 4.35. The Bertz CT molecular complexity index is 198. The van der Waals surface area contributed by atoms with Crippen molar-refractivity contribution < 1.29 is 0 Å². The second-order valence-corrected chi connectivity index (χ2v) is 10.8. The van der Waals surface area contributed by atoms with Crippen molar-refractivity contribution in [2.75, 3.05) is 0 Å². The third-order valence-corrected chi connectivity index (χ3v) is 3.15. The van der Waals surface area contributed by atoms with E-state index >= 15 is 0 Å². The average molecular weight is 196 g/mol. The van der Waals surface area contributed by atoms with Crippen molar-refractivity contribution in [1.29, 1.82) is 0 Å². The van der Waals surface area contributed by atoms with Gasteiger partial charge >= 0.3 is 0 Å². The van der Waals surface area contributed by atoms with Crippen LogP contribution in [0, 0.1) is 5.41 Å². The molecule has 0 aliphatic heterocycles. The molecule has 1 heteroatoms. The zero-order valence-corrected chi connectivity index (χ0v) is 11.1. The van der Waals surface area contributed by atoms with Gasteiger partial charge in [-0.2, -0.15) is 0 Å². The first-order chi connectivity index (χ1) is 5.67. The molecule has 0 N–H and O–H groups in total. The SMILES string of the molecule is C=CC/C(=C/[Si](C)(C)C)C(C)(C)C. The molecule has 0 nitrogen and oxygen atoms in total. The lowest BCUT2D eigenvalue weighted by Gasteiger charge is -2.25. The molecule has 0 aromatic rings. The minimum Gasteiger partial charge on any atom is -0.103 e. The Morgan fingerprint density at radius 1 is 1.23 bits per heavy atom. The Morgan fingerprint density at radius 2 is 1.69 bits per heavy atom. The molecule has 0 bridgehead atoms. The molecule has 0 aliphatic carbocycles. The van der Waals surface area contributed by atoms with E-state index in [1.807, 2.05) is 6.08 Å². The molecule has 0 aliphatic rings. The number of rotatable bonds is 3. The van der Waals surface area contributed by atoms with Crippen molar-refractivity contribution in [3.8, 4) is 0 Å². The van der Waals surface area contributed by atoms with Crippen molar-refractivity contribution in [2.24, 2.45) is 5.41 Å². The first-order valence-corrected chi connectivity index (χ1v) is 8.57. The maximum absolute atomic E-state index is 3.82. The van der Waals surface area contributed by atoms with Gasteiger partial charge in [0, 0.05) is 0 Å². The molecule has 0 heterocycles. The van der Waals surface area contributed by atoms with Gasteiger partial charge in [-0.15, -0.1) is 6.58 Å². The molecule has 0 saturated heterocycles. The zero-order chi connectivity index (χ0) is 10.7. The summed E-state index contributed by atoms with van der Waals surface area (Å²) < 4.78 is 0. The van der Waals surface area contributed by atoms with Crippen LogP contribution in [0.3, 0.4) is 0 Å². The largest absolute Gasteiger partial charge is 0.103 e. The van der Waals surface area contributed by atoms with E-state index in [-0.39, 0.29) is 0 Å². The second kappa shape index (κ2) is 4.27. The maximum atomic E-state index is 3.82. The molecule has 0 saturated carbocycles. The number of hydrogen-bond donors (Lipinski definition) is 0. The Kier molecular flexibility index (Phi) is 4.17. The highest BCUT2D eigenvalue weighted by atomic mass is 28.3. The lowest BCUT2D eigenvalue weighted by molar-refractivity contribution is 0.494. The molecular formula is C12H24Si. The van der Waals surface area contributed by atoms with Gasteiger partial charge in [0.2, 0.25) is 0 Å². The molecular weight excluding hydrogens is 172 g/mol. The summed E-state index contributed by atoms with van der Waals surface area (Å²) in [7, 11) is -1.08. The summed E-state index contributed by atoms with van der Waals surface area (Å²) in [4.78, 5) is 0. The van der Waals surface area contributed by atoms with E-state index in [2.05, 4.69) is 52.7 Å². The van der Waals surface area contributed by atoms with E-state index in [1.54, 1.807) is 5.57 Å². The van der Waals surface area contributed by atoms with Crippen molar-refractivity contribution in [2.45, 2.75) is 46.8 Å². The fourth-order valence-electron chi connectivity index (χ4n) is 1.26. The lowest BCUT2D eigenvalue weighted by atomic mass is 9.86. The van der Waals surface area contributed by atoms with Gasteiger partial charge in [-0.3, -0.25) is 0 Å². The van der Waals surface area contributed by atoms with Crippen LogP contribution in [0.5, 0.6) is 0 Å². The van der Waals surface area contributed by atoms with Crippen LogP contribution in [0.25, 0.3) is 0 Å². The number of hydrogen-bond acceptors (Lipinski definition) is 0. The molecule has 0 spiro atoms. The van der Waals surface area contributed by atoms with Gasteiger partial charge in [0.05, 0.1) is 8.07 Å². The van der Waals surface area contributed by atoms with Crippen LogP contribution in [0.2, 0.25) is 19.6 Å². The zero-order valence-electron chi connectivity index (χ0n) is 10.1. The minimum absolute atomic E-state index is 0.300. The van der Waals surface area contributed by atoms with E-state index in [9.17, 15) is 0 Å². The molecule has 0 fully saturated rings. The van der Waals surface area contributed by atoms with Crippen molar-refractivity contribution in [3.05, 3.63) is 23.9 Å². The third kappa shape index (κ3) is 5.86. The smallest absolute Gasteiger partial charge is 0.0686 e.